The van der Waals surface area contributed by atoms with Gasteiger partial charge in [-0.15, -0.1) is 0 Å². The molecule has 0 fully saturated rings. The lowest BCUT2D eigenvalue weighted by Crippen LogP contribution is -2.35. The maximum absolute atomic E-state index is 13.2. The molecule has 0 aliphatic rings. The van der Waals surface area contributed by atoms with E-state index < -0.39 is 22.5 Å². The van der Waals surface area contributed by atoms with Crippen LogP contribution in [0.4, 0.5) is 5.69 Å². The van der Waals surface area contributed by atoms with E-state index >= 15 is 0 Å². The number of halogens is 1. The first kappa shape index (κ1) is 23.1. The maximum atomic E-state index is 13.2. The lowest BCUT2D eigenvalue weighted by Gasteiger charge is -2.23. The number of rotatable bonds is 9. The molecule has 3 aromatic rings. The Morgan fingerprint density at radius 2 is 1.78 bits per heavy atom. The van der Waals surface area contributed by atoms with Crippen LogP contribution in [0.3, 0.4) is 0 Å². The third kappa shape index (κ3) is 5.58. The van der Waals surface area contributed by atoms with Crippen LogP contribution in [0.25, 0.3) is 0 Å². The average molecular weight is 471 g/mol. The summed E-state index contributed by atoms with van der Waals surface area (Å²) in [6.07, 6.45) is 0.576. The third-order valence-electron chi connectivity index (χ3n) is 4.53. The van der Waals surface area contributed by atoms with Gasteiger partial charge in [-0.1, -0.05) is 41.9 Å². The predicted octanol–water partition coefficient (Wildman–Crippen LogP) is 4.11. The highest BCUT2D eigenvalue weighted by Crippen LogP contribution is 2.30. The Morgan fingerprint density at radius 1 is 1.06 bits per heavy atom. The second-order valence-corrected chi connectivity index (χ2v) is 8.98. The molecule has 9 heteroatoms. The topological polar surface area (TPSA) is 108 Å². The minimum Gasteiger partial charge on any atom is -0.493 e. The molecule has 0 aromatic heterocycles. The number of benzene rings is 3. The quantitative estimate of drug-likeness (QED) is 0.504. The Kier molecular flexibility index (Phi) is 7.36. The van der Waals surface area contributed by atoms with Gasteiger partial charge < -0.3 is 9.84 Å². The molecule has 0 aliphatic carbocycles. The monoisotopic (exact) mass is 470 g/mol. The fraction of sp³-hybridized carbons (Fsp3) is 0.130. The summed E-state index contributed by atoms with van der Waals surface area (Å²) in [4.78, 5) is 11.2. The van der Waals surface area contributed by atoms with Gasteiger partial charge in [0.15, 0.2) is 0 Å². The summed E-state index contributed by atoms with van der Waals surface area (Å²) in [6.45, 7) is -0.464. The zero-order chi connectivity index (χ0) is 23.1. The second-order valence-electron chi connectivity index (χ2n) is 6.74. The van der Waals surface area contributed by atoms with Crippen molar-refractivity contribution in [2.45, 2.75) is 11.3 Å². The number of hydrogen-bond acceptors (Lipinski definition) is 5. The second kappa shape index (κ2) is 10.2. The molecular formula is C23H19ClN2O5S. The van der Waals surface area contributed by atoms with Gasteiger partial charge in [0.05, 0.1) is 28.9 Å². The molecule has 0 heterocycles. The Balaban J connectivity index is 1.81. The number of carboxylic acids is 1. The van der Waals surface area contributed by atoms with Crippen molar-refractivity contribution in [1.29, 1.82) is 5.26 Å². The van der Waals surface area contributed by atoms with Crippen molar-refractivity contribution < 1.29 is 23.1 Å². The Morgan fingerprint density at radius 3 is 2.44 bits per heavy atom. The van der Waals surface area contributed by atoms with E-state index in [9.17, 15) is 18.3 Å². The first-order chi connectivity index (χ1) is 15.3. The van der Waals surface area contributed by atoms with Gasteiger partial charge in [0.2, 0.25) is 0 Å². The zero-order valence-electron chi connectivity index (χ0n) is 16.8. The van der Waals surface area contributed by atoms with E-state index in [2.05, 4.69) is 6.07 Å². The van der Waals surface area contributed by atoms with Crippen LogP contribution in [-0.2, 0) is 21.2 Å². The fourth-order valence-electron chi connectivity index (χ4n) is 2.97. The van der Waals surface area contributed by atoms with Crippen LogP contribution in [0.15, 0.2) is 77.7 Å². The van der Waals surface area contributed by atoms with Gasteiger partial charge in [0.1, 0.15) is 17.2 Å². The Labute approximate surface area is 191 Å². The number of ether oxygens (including phenoxy) is 1. The molecule has 0 unspecified atom stereocenters. The summed E-state index contributed by atoms with van der Waals surface area (Å²) in [6, 6.07) is 21.2. The molecule has 32 heavy (non-hydrogen) atoms. The van der Waals surface area contributed by atoms with Crippen molar-refractivity contribution in [2.24, 2.45) is 0 Å². The molecule has 0 spiro atoms. The molecule has 1 N–H and O–H groups in total. The van der Waals surface area contributed by atoms with Gasteiger partial charge in [0, 0.05) is 12.5 Å². The number of sulfonamides is 1. The summed E-state index contributed by atoms with van der Waals surface area (Å²) in [5.74, 6) is -0.923. The normalized spacial score (nSPS) is 10.9. The van der Waals surface area contributed by atoms with E-state index in [0.717, 1.165) is 9.87 Å². The lowest BCUT2D eigenvalue weighted by molar-refractivity contribution is -0.135. The van der Waals surface area contributed by atoms with Crippen molar-refractivity contribution in [3.63, 3.8) is 0 Å². The van der Waals surface area contributed by atoms with E-state index in [-0.39, 0.29) is 15.6 Å². The first-order valence-corrected chi connectivity index (χ1v) is 11.3. The molecule has 0 saturated carbocycles. The first-order valence-electron chi connectivity index (χ1n) is 9.52. The molecule has 0 saturated heterocycles. The number of aliphatic carboxylic acids is 1. The maximum Gasteiger partial charge on any atom is 0.324 e. The summed E-state index contributed by atoms with van der Waals surface area (Å²) in [5.41, 5.74) is 1.69. The van der Waals surface area contributed by atoms with Crippen molar-refractivity contribution in [3.05, 3.63) is 88.9 Å². The molecule has 164 valence electrons. The summed E-state index contributed by atoms with van der Waals surface area (Å²) < 4.78 is 32.9. The number of hydrogen-bond donors (Lipinski definition) is 1. The number of carboxylic acid groups (broad SMARTS) is 1. The van der Waals surface area contributed by atoms with E-state index in [4.69, 9.17) is 21.6 Å². The molecule has 0 aliphatic heterocycles. The summed E-state index contributed by atoms with van der Waals surface area (Å²) >= 11 is 6.06. The van der Waals surface area contributed by atoms with Crippen LogP contribution < -0.4 is 9.04 Å². The average Bonchev–Trinajstić information content (AvgIpc) is 2.78. The Bertz CT molecular complexity index is 1250. The van der Waals surface area contributed by atoms with Crippen LogP contribution in [0.2, 0.25) is 5.02 Å². The molecule has 0 atom stereocenters. The van der Waals surface area contributed by atoms with Gasteiger partial charge in [-0.2, -0.15) is 5.26 Å². The number of nitrogens with zero attached hydrogens (tertiary/aromatic N) is 2. The van der Waals surface area contributed by atoms with E-state index in [0.29, 0.717) is 24.3 Å². The standard InChI is InChI=1S/C23H19ClN2O5S/c24-21-6-1-2-7-22(21)32(29,30)26(16-23(27)28)19-4-3-5-20(14-19)31-13-12-17-8-10-18(15-25)11-9-17/h1-11,14H,12-13,16H2,(H,27,28). The predicted molar refractivity (Wildman–Crippen MR) is 120 cm³/mol. The molecule has 7 nitrogen and oxygen atoms in total. The Hall–Kier alpha value is -3.54. The van der Waals surface area contributed by atoms with Crippen molar-refractivity contribution in [1.82, 2.24) is 0 Å². The highest BCUT2D eigenvalue weighted by molar-refractivity contribution is 7.93. The van der Waals surface area contributed by atoms with Crippen LogP contribution in [0.1, 0.15) is 11.1 Å². The molecule has 0 radical (unpaired) electrons. The number of nitriles is 1. The molecule has 0 bridgehead atoms. The summed E-state index contributed by atoms with van der Waals surface area (Å²) in [5, 5.41) is 18.2. The highest BCUT2D eigenvalue weighted by atomic mass is 35.5. The van der Waals surface area contributed by atoms with E-state index in [1.807, 2.05) is 12.1 Å². The fourth-order valence-corrected chi connectivity index (χ4v) is 4.87. The largest absolute Gasteiger partial charge is 0.493 e. The van der Waals surface area contributed by atoms with Crippen LogP contribution >= 0.6 is 11.6 Å². The lowest BCUT2D eigenvalue weighted by atomic mass is 10.1. The van der Waals surface area contributed by atoms with E-state index in [1.54, 1.807) is 30.3 Å². The van der Waals surface area contributed by atoms with Crippen LogP contribution in [0, 0.1) is 11.3 Å². The van der Waals surface area contributed by atoms with Gasteiger partial charge >= 0.3 is 5.97 Å². The third-order valence-corrected chi connectivity index (χ3v) is 6.81. The van der Waals surface area contributed by atoms with Crippen LogP contribution in [-0.4, -0.2) is 32.6 Å². The molecule has 0 amide bonds. The van der Waals surface area contributed by atoms with E-state index in [1.165, 1.54) is 30.3 Å². The molecule has 3 rings (SSSR count). The highest BCUT2D eigenvalue weighted by Gasteiger charge is 2.29. The number of anilines is 1. The smallest absolute Gasteiger partial charge is 0.324 e. The number of carbonyl (C=O) groups is 1. The SMILES string of the molecule is N#Cc1ccc(CCOc2cccc(N(CC(=O)O)S(=O)(=O)c3ccccc3Cl)c2)cc1. The minimum absolute atomic E-state index is 0.00212. The summed E-state index contributed by atoms with van der Waals surface area (Å²) in [7, 11) is -4.23. The van der Waals surface area contributed by atoms with Crippen molar-refractivity contribution in [2.75, 3.05) is 17.5 Å². The van der Waals surface area contributed by atoms with Crippen molar-refractivity contribution >= 4 is 33.3 Å². The van der Waals surface area contributed by atoms with Gasteiger partial charge in [-0.3, -0.25) is 9.10 Å². The zero-order valence-corrected chi connectivity index (χ0v) is 18.4. The molecule has 3 aromatic carbocycles. The van der Waals surface area contributed by atoms with Gasteiger partial charge in [-0.25, -0.2) is 8.42 Å². The van der Waals surface area contributed by atoms with Gasteiger partial charge in [0.25, 0.3) is 10.0 Å². The molecular weight excluding hydrogens is 452 g/mol. The van der Waals surface area contributed by atoms with Crippen LogP contribution in [0.5, 0.6) is 5.75 Å². The van der Waals surface area contributed by atoms with Crippen molar-refractivity contribution in [3.8, 4) is 11.8 Å². The minimum atomic E-state index is -4.23. The van der Waals surface area contributed by atoms with Gasteiger partial charge in [-0.05, 0) is 42.0 Å².